The van der Waals surface area contributed by atoms with E-state index < -0.39 is 0 Å². The van der Waals surface area contributed by atoms with Gasteiger partial charge in [0.2, 0.25) is 0 Å². The standard InChI is InChI=1S/C13H20ClN3/c1-8-6-11(10(14)7-16-12(8)15)17-9(2)13(3,4)5/h6-7,9H,1-5H3,(H2,15,16). The van der Waals surface area contributed by atoms with Gasteiger partial charge in [0.15, 0.2) is 0 Å². The number of nitrogens with two attached hydrogens (primary N) is 1. The lowest BCUT2D eigenvalue weighted by Crippen LogP contribution is -2.23. The number of aromatic nitrogens is 1. The number of hydrogen-bond acceptors (Lipinski definition) is 3. The maximum Gasteiger partial charge on any atom is 0.126 e. The topological polar surface area (TPSA) is 51.3 Å². The van der Waals surface area contributed by atoms with Crippen molar-refractivity contribution >= 4 is 17.4 Å². The van der Waals surface area contributed by atoms with Crippen molar-refractivity contribution in [2.75, 3.05) is 5.73 Å². The summed E-state index contributed by atoms with van der Waals surface area (Å²) in [6.45, 7) is 10.4. The van der Waals surface area contributed by atoms with Crippen molar-refractivity contribution < 1.29 is 0 Å². The summed E-state index contributed by atoms with van der Waals surface area (Å²) in [5.41, 5.74) is 6.73. The van der Waals surface area contributed by atoms with Crippen molar-refractivity contribution in [3.8, 4) is 0 Å². The zero-order valence-electron chi connectivity index (χ0n) is 11.1. The first-order valence-electron chi connectivity index (χ1n) is 5.67. The lowest BCUT2D eigenvalue weighted by molar-refractivity contribution is 0.337. The molecule has 1 heterocycles. The molecular formula is C13H20ClN3. The lowest BCUT2D eigenvalue weighted by atomic mass is 9.88. The van der Waals surface area contributed by atoms with Crippen LogP contribution in [0.2, 0.25) is 5.02 Å². The third-order valence-electron chi connectivity index (χ3n) is 2.90. The Morgan fingerprint density at radius 3 is 2.53 bits per heavy atom. The van der Waals surface area contributed by atoms with Gasteiger partial charge in [-0.2, -0.15) is 0 Å². The number of nitrogen functional groups attached to an aromatic ring is 1. The minimum atomic E-state index is 0.102. The third kappa shape index (κ3) is 3.70. The molecule has 17 heavy (non-hydrogen) atoms. The molecule has 1 aromatic heterocycles. The second-order valence-corrected chi connectivity index (χ2v) is 5.78. The summed E-state index contributed by atoms with van der Waals surface area (Å²) in [6.07, 6.45) is 1.55. The average molecular weight is 254 g/mol. The molecule has 0 radical (unpaired) electrons. The number of anilines is 1. The summed E-state index contributed by atoms with van der Waals surface area (Å²) in [5.74, 6) is 0.483. The van der Waals surface area contributed by atoms with Crippen LogP contribution in [0.5, 0.6) is 0 Å². The molecule has 0 bridgehead atoms. The minimum absolute atomic E-state index is 0.102. The normalized spacial score (nSPS) is 14.8. The smallest absolute Gasteiger partial charge is 0.126 e. The Labute approximate surface area is 108 Å². The minimum Gasteiger partial charge on any atom is -0.383 e. The van der Waals surface area contributed by atoms with Gasteiger partial charge in [-0.15, -0.1) is 0 Å². The van der Waals surface area contributed by atoms with Crippen molar-refractivity contribution in [2.45, 2.75) is 40.7 Å². The molecule has 0 saturated heterocycles. The first kappa shape index (κ1) is 14.0. The molecule has 0 aliphatic heterocycles. The van der Waals surface area contributed by atoms with Gasteiger partial charge < -0.3 is 5.73 Å². The molecule has 94 valence electrons. The van der Waals surface area contributed by atoms with E-state index in [1.54, 1.807) is 6.20 Å². The molecule has 0 aliphatic carbocycles. The van der Waals surface area contributed by atoms with Crippen LogP contribution < -0.4 is 11.1 Å². The van der Waals surface area contributed by atoms with Crippen LogP contribution in [0.25, 0.3) is 0 Å². The Morgan fingerprint density at radius 1 is 1.41 bits per heavy atom. The number of rotatable bonds is 1. The van der Waals surface area contributed by atoms with E-state index in [1.165, 1.54) is 0 Å². The Kier molecular flexibility index (Phi) is 4.15. The van der Waals surface area contributed by atoms with E-state index >= 15 is 0 Å². The summed E-state index contributed by atoms with van der Waals surface area (Å²) in [5, 5.41) is 1.27. The van der Waals surface area contributed by atoms with Crippen LogP contribution in [0.15, 0.2) is 17.3 Å². The van der Waals surface area contributed by atoms with Gasteiger partial charge in [-0.1, -0.05) is 32.4 Å². The summed E-state index contributed by atoms with van der Waals surface area (Å²) >= 11 is 6.13. The SMILES string of the molecule is Cc1cc(=NC(C)C(C)(C)C)c(Cl)cnc1N. The van der Waals surface area contributed by atoms with Crippen LogP contribution in [-0.4, -0.2) is 11.0 Å². The Balaban J connectivity index is 3.38. The Bertz CT molecular complexity index is 475. The monoisotopic (exact) mass is 253 g/mol. The van der Waals surface area contributed by atoms with Gasteiger partial charge in [0.05, 0.1) is 22.6 Å². The highest BCUT2D eigenvalue weighted by Gasteiger charge is 2.18. The number of halogens is 1. The van der Waals surface area contributed by atoms with Crippen LogP contribution in [0.1, 0.15) is 33.3 Å². The van der Waals surface area contributed by atoms with Crippen molar-refractivity contribution in [3.63, 3.8) is 0 Å². The van der Waals surface area contributed by atoms with Gasteiger partial charge in [-0.25, -0.2) is 4.98 Å². The van der Waals surface area contributed by atoms with Crippen LogP contribution in [0, 0.1) is 12.3 Å². The number of hydrogen-bond donors (Lipinski definition) is 1. The number of aryl methyl sites for hydroxylation is 1. The van der Waals surface area contributed by atoms with Crippen LogP contribution in [-0.2, 0) is 0 Å². The predicted octanol–water partition coefficient (Wildman–Crippen LogP) is 2.96. The molecule has 0 aromatic carbocycles. The highest BCUT2D eigenvalue weighted by molar-refractivity contribution is 6.30. The van der Waals surface area contributed by atoms with E-state index in [0.29, 0.717) is 10.8 Å². The zero-order chi connectivity index (χ0) is 13.2. The fraction of sp³-hybridized carbons (Fsp3) is 0.538. The predicted molar refractivity (Wildman–Crippen MR) is 72.9 cm³/mol. The number of nitrogens with zero attached hydrogens (tertiary/aromatic N) is 2. The molecule has 0 spiro atoms. The Morgan fingerprint density at radius 2 is 2.00 bits per heavy atom. The van der Waals surface area contributed by atoms with E-state index in [1.807, 2.05) is 13.0 Å². The van der Waals surface area contributed by atoms with E-state index in [4.69, 9.17) is 17.3 Å². The first-order valence-corrected chi connectivity index (χ1v) is 6.05. The third-order valence-corrected chi connectivity index (χ3v) is 3.20. The molecule has 0 saturated carbocycles. The van der Waals surface area contributed by atoms with Gasteiger partial charge in [0.1, 0.15) is 5.82 Å². The second-order valence-electron chi connectivity index (χ2n) is 5.38. The molecular weight excluding hydrogens is 234 g/mol. The molecule has 3 nitrogen and oxygen atoms in total. The maximum absolute atomic E-state index is 6.13. The maximum atomic E-state index is 6.13. The molecule has 0 fully saturated rings. The quantitative estimate of drug-likeness (QED) is 0.837. The van der Waals surface area contributed by atoms with Gasteiger partial charge >= 0.3 is 0 Å². The van der Waals surface area contributed by atoms with Gasteiger partial charge in [0, 0.05) is 0 Å². The van der Waals surface area contributed by atoms with Gasteiger partial charge in [0.25, 0.3) is 0 Å². The first-order chi connectivity index (χ1) is 7.71. The van der Waals surface area contributed by atoms with Gasteiger partial charge in [-0.05, 0) is 30.9 Å². The van der Waals surface area contributed by atoms with Crippen molar-refractivity contribution in [3.05, 3.63) is 28.2 Å². The zero-order valence-corrected chi connectivity index (χ0v) is 11.8. The van der Waals surface area contributed by atoms with Gasteiger partial charge in [-0.3, -0.25) is 4.99 Å². The summed E-state index contributed by atoms with van der Waals surface area (Å²) in [4.78, 5) is 8.70. The summed E-state index contributed by atoms with van der Waals surface area (Å²) in [7, 11) is 0. The van der Waals surface area contributed by atoms with E-state index in [9.17, 15) is 0 Å². The average Bonchev–Trinajstić information content (AvgIpc) is 2.31. The van der Waals surface area contributed by atoms with Crippen molar-refractivity contribution in [1.29, 1.82) is 0 Å². The summed E-state index contributed by atoms with van der Waals surface area (Å²) < 4.78 is 0. The summed E-state index contributed by atoms with van der Waals surface area (Å²) in [6, 6.07) is 2.05. The Hall–Kier alpha value is -1.09. The van der Waals surface area contributed by atoms with E-state index in [-0.39, 0.29) is 11.5 Å². The fourth-order valence-electron chi connectivity index (χ4n) is 1.14. The van der Waals surface area contributed by atoms with Crippen LogP contribution in [0.4, 0.5) is 5.82 Å². The largest absolute Gasteiger partial charge is 0.383 e. The fourth-order valence-corrected chi connectivity index (χ4v) is 1.30. The van der Waals surface area contributed by atoms with E-state index in [2.05, 4.69) is 37.7 Å². The molecule has 0 aliphatic rings. The van der Waals surface area contributed by atoms with E-state index in [0.717, 1.165) is 10.9 Å². The van der Waals surface area contributed by atoms with Crippen LogP contribution >= 0.6 is 11.6 Å². The molecule has 1 aromatic rings. The molecule has 1 atom stereocenters. The molecule has 1 rings (SSSR count). The molecule has 0 amide bonds. The van der Waals surface area contributed by atoms with Crippen molar-refractivity contribution in [1.82, 2.24) is 4.98 Å². The van der Waals surface area contributed by atoms with Crippen molar-refractivity contribution in [2.24, 2.45) is 10.4 Å². The highest BCUT2D eigenvalue weighted by Crippen LogP contribution is 2.21. The molecule has 1 unspecified atom stereocenters. The molecule has 4 heteroatoms. The highest BCUT2D eigenvalue weighted by atomic mass is 35.5. The van der Waals surface area contributed by atoms with Crippen LogP contribution in [0.3, 0.4) is 0 Å². The second kappa shape index (κ2) is 5.05. The lowest BCUT2D eigenvalue weighted by Gasteiger charge is -2.23. The molecule has 2 N–H and O–H groups in total.